The van der Waals surface area contributed by atoms with Crippen LogP contribution in [0.25, 0.3) is 5.65 Å². The molecule has 0 saturated heterocycles. The third kappa shape index (κ3) is 2.56. The Kier molecular flexibility index (Phi) is 3.33. The van der Waals surface area contributed by atoms with Crippen molar-refractivity contribution in [2.24, 2.45) is 5.92 Å². The molecule has 0 aromatic carbocycles. The van der Waals surface area contributed by atoms with Crippen LogP contribution in [0.4, 0.5) is 0 Å². The lowest BCUT2D eigenvalue weighted by atomic mass is 9.87. The van der Waals surface area contributed by atoms with Crippen LogP contribution >= 0.6 is 0 Å². The van der Waals surface area contributed by atoms with E-state index in [1.165, 1.54) is 25.7 Å². The van der Waals surface area contributed by atoms with Crippen molar-refractivity contribution in [3.05, 3.63) is 36.3 Å². The molecule has 2 atom stereocenters. The molecular weight excluding hydrogens is 222 g/mol. The van der Waals surface area contributed by atoms with Crippen molar-refractivity contribution < 1.29 is 0 Å². The van der Waals surface area contributed by atoms with Gasteiger partial charge < -0.3 is 9.72 Å². The summed E-state index contributed by atoms with van der Waals surface area (Å²) in [4.78, 5) is 4.62. The van der Waals surface area contributed by atoms with Gasteiger partial charge in [0.25, 0.3) is 0 Å². The van der Waals surface area contributed by atoms with Crippen LogP contribution in [0.5, 0.6) is 0 Å². The molecule has 3 rings (SSSR count). The molecular formula is C15H21N3. The average molecular weight is 243 g/mol. The summed E-state index contributed by atoms with van der Waals surface area (Å²) >= 11 is 0. The van der Waals surface area contributed by atoms with E-state index in [9.17, 15) is 0 Å². The first-order valence-electron chi connectivity index (χ1n) is 6.97. The van der Waals surface area contributed by atoms with Crippen LogP contribution in [0.1, 0.15) is 38.3 Å². The summed E-state index contributed by atoms with van der Waals surface area (Å²) in [6.45, 7) is 3.25. The molecule has 2 aromatic rings. The highest BCUT2D eigenvalue weighted by Crippen LogP contribution is 2.23. The van der Waals surface area contributed by atoms with Gasteiger partial charge in [-0.2, -0.15) is 0 Å². The van der Waals surface area contributed by atoms with E-state index in [4.69, 9.17) is 0 Å². The van der Waals surface area contributed by atoms with Gasteiger partial charge in [0.2, 0.25) is 0 Å². The van der Waals surface area contributed by atoms with Gasteiger partial charge in [-0.3, -0.25) is 0 Å². The summed E-state index contributed by atoms with van der Waals surface area (Å²) in [6, 6.07) is 6.79. The number of hydrogen-bond acceptors (Lipinski definition) is 2. The van der Waals surface area contributed by atoms with E-state index >= 15 is 0 Å². The Morgan fingerprint density at radius 1 is 1.39 bits per heavy atom. The molecule has 0 aliphatic heterocycles. The number of rotatable bonds is 3. The zero-order valence-corrected chi connectivity index (χ0v) is 11.0. The largest absolute Gasteiger partial charge is 0.308 e. The molecule has 0 amide bonds. The van der Waals surface area contributed by atoms with Gasteiger partial charge in [0.1, 0.15) is 5.65 Å². The third-order valence-electron chi connectivity index (χ3n) is 3.92. The molecule has 96 valence electrons. The smallest absolute Gasteiger partial charge is 0.137 e. The predicted octanol–water partition coefficient (Wildman–Crippen LogP) is 3.00. The molecule has 1 aliphatic carbocycles. The maximum Gasteiger partial charge on any atom is 0.137 e. The van der Waals surface area contributed by atoms with Crippen molar-refractivity contribution in [3.8, 4) is 0 Å². The Morgan fingerprint density at radius 2 is 2.33 bits per heavy atom. The monoisotopic (exact) mass is 243 g/mol. The topological polar surface area (TPSA) is 29.3 Å². The Hall–Kier alpha value is -1.35. The number of nitrogens with one attached hydrogen (secondary N) is 1. The minimum atomic E-state index is 0.679. The van der Waals surface area contributed by atoms with E-state index in [1.54, 1.807) is 0 Å². The summed E-state index contributed by atoms with van der Waals surface area (Å²) in [7, 11) is 0. The van der Waals surface area contributed by atoms with Gasteiger partial charge in [0.05, 0.1) is 5.69 Å². The number of imidazole rings is 1. The van der Waals surface area contributed by atoms with Crippen molar-refractivity contribution in [3.63, 3.8) is 0 Å². The molecule has 1 aliphatic rings. The van der Waals surface area contributed by atoms with E-state index in [0.717, 1.165) is 23.8 Å². The molecule has 2 aromatic heterocycles. The van der Waals surface area contributed by atoms with Crippen LogP contribution in [-0.2, 0) is 6.54 Å². The van der Waals surface area contributed by atoms with Gasteiger partial charge in [-0.15, -0.1) is 0 Å². The van der Waals surface area contributed by atoms with Gasteiger partial charge in [-0.1, -0.05) is 25.8 Å². The number of aromatic nitrogens is 2. The van der Waals surface area contributed by atoms with E-state index in [1.807, 2.05) is 18.2 Å². The second-order valence-corrected chi connectivity index (χ2v) is 5.55. The summed E-state index contributed by atoms with van der Waals surface area (Å²) < 4.78 is 2.08. The molecule has 0 radical (unpaired) electrons. The fourth-order valence-electron chi connectivity index (χ4n) is 2.94. The second-order valence-electron chi connectivity index (χ2n) is 5.55. The number of hydrogen-bond donors (Lipinski definition) is 1. The highest BCUT2D eigenvalue weighted by molar-refractivity contribution is 5.39. The van der Waals surface area contributed by atoms with Crippen molar-refractivity contribution >= 4 is 5.65 Å². The average Bonchev–Trinajstić information content (AvgIpc) is 2.79. The second kappa shape index (κ2) is 5.11. The maximum atomic E-state index is 4.62. The molecule has 3 nitrogen and oxygen atoms in total. The van der Waals surface area contributed by atoms with Crippen LogP contribution in [0, 0.1) is 5.92 Å². The highest BCUT2D eigenvalue weighted by atomic mass is 15.0. The molecule has 0 bridgehead atoms. The van der Waals surface area contributed by atoms with Gasteiger partial charge in [0, 0.05) is 25.0 Å². The Bertz CT molecular complexity index is 484. The number of pyridine rings is 1. The SMILES string of the molecule is CC1CCCC(NCc2cn3ccccc3n2)C1. The summed E-state index contributed by atoms with van der Waals surface area (Å²) in [5.74, 6) is 0.873. The highest BCUT2D eigenvalue weighted by Gasteiger charge is 2.18. The van der Waals surface area contributed by atoms with Crippen LogP contribution in [0.3, 0.4) is 0 Å². The fourth-order valence-corrected chi connectivity index (χ4v) is 2.94. The van der Waals surface area contributed by atoms with Crippen molar-refractivity contribution in [2.45, 2.75) is 45.2 Å². The third-order valence-corrected chi connectivity index (χ3v) is 3.92. The number of nitrogens with zero attached hydrogens (tertiary/aromatic N) is 2. The molecule has 0 spiro atoms. The molecule has 1 saturated carbocycles. The lowest BCUT2D eigenvalue weighted by molar-refractivity contribution is 0.300. The van der Waals surface area contributed by atoms with Gasteiger partial charge >= 0.3 is 0 Å². The first kappa shape index (κ1) is 11.7. The summed E-state index contributed by atoms with van der Waals surface area (Å²) in [6.07, 6.45) is 9.56. The lowest BCUT2D eigenvalue weighted by Gasteiger charge is -2.27. The summed E-state index contributed by atoms with van der Waals surface area (Å²) in [5.41, 5.74) is 2.17. The minimum absolute atomic E-state index is 0.679. The van der Waals surface area contributed by atoms with Crippen molar-refractivity contribution in [2.75, 3.05) is 0 Å². The normalized spacial score (nSPS) is 24.5. The van der Waals surface area contributed by atoms with Gasteiger partial charge in [-0.05, 0) is 30.9 Å². The molecule has 1 N–H and O–H groups in total. The van der Waals surface area contributed by atoms with E-state index in [-0.39, 0.29) is 0 Å². The van der Waals surface area contributed by atoms with Crippen molar-refractivity contribution in [1.82, 2.24) is 14.7 Å². The number of fused-ring (bicyclic) bond motifs is 1. The molecule has 2 unspecified atom stereocenters. The molecule has 18 heavy (non-hydrogen) atoms. The molecule has 2 heterocycles. The van der Waals surface area contributed by atoms with E-state index in [2.05, 4.69) is 34.0 Å². The minimum Gasteiger partial charge on any atom is -0.308 e. The standard InChI is InChI=1S/C15H21N3/c1-12-5-4-6-13(9-12)16-10-14-11-18-8-3-2-7-15(18)17-14/h2-3,7-8,11-13,16H,4-6,9-10H2,1H3. The lowest BCUT2D eigenvalue weighted by Crippen LogP contribution is -2.33. The first-order valence-corrected chi connectivity index (χ1v) is 6.97. The van der Waals surface area contributed by atoms with E-state index < -0.39 is 0 Å². The van der Waals surface area contributed by atoms with Gasteiger partial charge in [-0.25, -0.2) is 4.98 Å². The van der Waals surface area contributed by atoms with Gasteiger partial charge in [0.15, 0.2) is 0 Å². The Morgan fingerprint density at radius 3 is 3.17 bits per heavy atom. The predicted molar refractivity (Wildman–Crippen MR) is 73.5 cm³/mol. The van der Waals surface area contributed by atoms with Crippen molar-refractivity contribution in [1.29, 1.82) is 0 Å². The molecule has 3 heteroatoms. The summed E-state index contributed by atoms with van der Waals surface area (Å²) in [5, 5.41) is 3.65. The van der Waals surface area contributed by atoms with Crippen LogP contribution < -0.4 is 5.32 Å². The van der Waals surface area contributed by atoms with Crippen LogP contribution in [-0.4, -0.2) is 15.4 Å². The zero-order valence-electron chi connectivity index (χ0n) is 11.0. The fraction of sp³-hybridized carbons (Fsp3) is 0.533. The zero-order chi connectivity index (χ0) is 12.4. The van der Waals surface area contributed by atoms with E-state index in [0.29, 0.717) is 6.04 Å². The quantitative estimate of drug-likeness (QED) is 0.898. The first-order chi connectivity index (χ1) is 8.81. The maximum absolute atomic E-state index is 4.62. The Balaban J connectivity index is 1.62. The molecule has 1 fully saturated rings. The van der Waals surface area contributed by atoms with Crippen LogP contribution in [0.2, 0.25) is 0 Å². The van der Waals surface area contributed by atoms with Crippen LogP contribution in [0.15, 0.2) is 30.6 Å². The Labute approximate surface area is 108 Å².